The number of methoxy groups -OCH3 is 2. The van der Waals surface area contributed by atoms with E-state index in [1.807, 2.05) is 6.07 Å². The molecule has 0 aliphatic heterocycles. The number of fused-ring (bicyclic) bond motifs is 1. The Morgan fingerprint density at radius 3 is 2.61 bits per heavy atom. The first-order valence-electron chi connectivity index (χ1n) is 6.65. The first-order valence-corrected chi connectivity index (χ1v) is 7.46. The van der Waals surface area contributed by atoms with Gasteiger partial charge in [0.2, 0.25) is 0 Å². The molecule has 0 saturated heterocycles. The molecule has 0 atom stereocenters. The van der Waals surface area contributed by atoms with Crippen LogP contribution in [0.1, 0.15) is 0 Å². The first kappa shape index (κ1) is 15.0. The molecular formula is C15H13N3O4S. The minimum atomic E-state index is -0.431. The van der Waals surface area contributed by atoms with Crippen molar-refractivity contribution < 1.29 is 14.4 Å². The second-order valence-electron chi connectivity index (χ2n) is 4.63. The highest BCUT2D eigenvalue weighted by Crippen LogP contribution is 2.37. The lowest BCUT2D eigenvalue weighted by Crippen LogP contribution is -1.92. The fraction of sp³-hybridized carbons (Fsp3) is 0.133. The summed E-state index contributed by atoms with van der Waals surface area (Å²) >= 11 is 1.43. The lowest BCUT2D eigenvalue weighted by atomic mass is 10.3. The van der Waals surface area contributed by atoms with Crippen LogP contribution in [0.4, 0.5) is 16.5 Å². The summed E-state index contributed by atoms with van der Waals surface area (Å²) in [5.41, 5.74) is 1.40. The molecule has 8 heteroatoms. The van der Waals surface area contributed by atoms with Gasteiger partial charge in [0.15, 0.2) is 16.6 Å². The molecule has 1 heterocycles. The zero-order valence-corrected chi connectivity index (χ0v) is 13.2. The summed E-state index contributed by atoms with van der Waals surface area (Å²) in [6, 6.07) is 9.93. The van der Waals surface area contributed by atoms with Crippen LogP contribution in [-0.4, -0.2) is 24.1 Å². The van der Waals surface area contributed by atoms with Gasteiger partial charge in [0.05, 0.1) is 29.4 Å². The van der Waals surface area contributed by atoms with Crippen molar-refractivity contribution in [1.82, 2.24) is 4.98 Å². The van der Waals surface area contributed by atoms with Crippen molar-refractivity contribution in [3.8, 4) is 11.5 Å². The van der Waals surface area contributed by atoms with Crippen molar-refractivity contribution in [2.24, 2.45) is 0 Å². The molecule has 0 bridgehead atoms. The van der Waals surface area contributed by atoms with Crippen molar-refractivity contribution in [3.05, 3.63) is 46.5 Å². The van der Waals surface area contributed by atoms with E-state index in [4.69, 9.17) is 9.47 Å². The molecule has 0 aliphatic rings. The average Bonchev–Trinajstić information content (AvgIpc) is 2.94. The lowest BCUT2D eigenvalue weighted by Gasteiger charge is -2.05. The summed E-state index contributed by atoms with van der Waals surface area (Å²) in [6.45, 7) is 0. The van der Waals surface area contributed by atoms with Crippen LogP contribution in [0.3, 0.4) is 0 Å². The summed E-state index contributed by atoms with van der Waals surface area (Å²) in [5, 5.41) is 14.5. The molecule has 0 spiro atoms. The van der Waals surface area contributed by atoms with Crippen LogP contribution >= 0.6 is 11.3 Å². The topological polar surface area (TPSA) is 86.5 Å². The molecule has 3 rings (SSSR count). The fourth-order valence-electron chi connectivity index (χ4n) is 2.13. The number of non-ortho nitro benzene ring substituents is 1. The Hall–Kier alpha value is -2.87. The van der Waals surface area contributed by atoms with E-state index in [2.05, 4.69) is 10.3 Å². The highest BCUT2D eigenvalue weighted by atomic mass is 32.1. The van der Waals surface area contributed by atoms with Gasteiger partial charge in [-0.2, -0.15) is 0 Å². The number of nitro benzene ring substituents is 1. The molecule has 0 fully saturated rings. The van der Waals surface area contributed by atoms with Gasteiger partial charge < -0.3 is 14.8 Å². The summed E-state index contributed by atoms with van der Waals surface area (Å²) in [5.74, 6) is 1.23. The van der Waals surface area contributed by atoms with Crippen LogP contribution in [0.5, 0.6) is 11.5 Å². The van der Waals surface area contributed by atoms with Crippen molar-refractivity contribution in [1.29, 1.82) is 0 Å². The molecule has 0 radical (unpaired) electrons. The standard InChI is InChI=1S/C15H13N3O4S/c1-21-12-7-11-14(8-13(12)22-2)23-15(17-11)16-9-4-3-5-10(6-9)18(19)20/h3-8H,1-2H3,(H,16,17). The number of benzene rings is 2. The van der Waals surface area contributed by atoms with E-state index in [0.717, 1.165) is 10.2 Å². The van der Waals surface area contributed by atoms with E-state index in [9.17, 15) is 10.1 Å². The van der Waals surface area contributed by atoms with E-state index in [1.54, 1.807) is 32.4 Å². The molecule has 0 unspecified atom stereocenters. The van der Waals surface area contributed by atoms with Gasteiger partial charge in [0, 0.05) is 30.0 Å². The number of hydrogen-bond acceptors (Lipinski definition) is 7. The molecule has 0 amide bonds. The lowest BCUT2D eigenvalue weighted by molar-refractivity contribution is -0.384. The highest BCUT2D eigenvalue weighted by molar-refractivity contribution is 7.22. The van der Waals surface area contributed by atoms with Gasteiger partial charge in [-0.25, -0.2) is 4.98 Å². The van der Waals surface area contributed by atoms with E-state index in [1.165, 1.54) is 23.5 Å². The SMILES string of the molecule is COc1cc2nc(Nc3cccc([N+](=O)[O-])c3)sc2cc1OC. The predicted molar refractivity (Wildman–Crippen MR) is 89.1 cm³/mol. The summed E-state index contributed by atoms with van der Waals surface area (Å²) in [6.07, 6.45) is 0. The van der Waals surface area contributed by atoms with Crippen LogP contribution in [0.15, 0.2) is 36.4 Å². The molecule has 0 saturated carbocycles. The Balaban J connectivity index is 1.94. The van der Waals surface area contributed by atoms with Gasteiger partial charge in [-0.15, -0.1) is 0 Å². The van der Waals surface area contributed by atoms with Crippen molar-refractivity contribution in [2.75, 3.05) is 19.5 Å². The van der Waals surface area contributed by atoms with Gasteiger partial charge in [-0.05, 0) is 6.07 Å². The number of rotatable bonds is 5. The normalized spacial score (nSPS) is 10.5. The zero-order chi connectivity index (χ0) is 16.4. The fourth-order valence-corrected chi connectivity index (χ4v) is 3.03. The van der Waals surface area contributed by atoms with E-state index >= 15 is 0 Å². The average molecular weight is 331 g/mol. The summed E-state index contributed by atoms with van der Waals surface area (Å²) in [4.78, 5) is 14.9. The number of thiazole rings is 1. The summed E-state index contributed by atoms with van der Waals surface area (Å²) in [7, 11) is 3.14. The van der Waals surface area contributed by atoms with Crippen LogP contribution < -0.4 is 14.8 Å². The van der Waals surface area contributed by atoms with E-state index in [0.29, 0.717) is 22.3 Å². The monoisotopic (exact) mass is 331 g/mol. The quantitative estimate of drug-likeness (QED) is 0.562. The summed E-state index contributed by atoms with van der Waals surface area (Å²) < 4.78 is 11.5. The molecule has 1 aromatic heterocycles. The molecule has 3 aromatic rings. The molecule has 23 heavy (non-hydrogen) atoms. The number of hydrogen-bond donors (Lipinski definition) is 1. The number of ether oxygens (including phenoxy) is 2. The predicted octanol–water partition coefficient (Wildman–Crippen LogP) is 3.97. The molecule has 7 nitrogen and oxygen atoms in total. The molecule has 0 aliphatic carbocycles. The number of nitrogens with one attached hydrogen (secondary N) is 1. The smallest absolute Gasteiger partial charge is 0.271 e. The van der Waals surface area contributed by atoms with Crippen LogP contribution in [0.2, 0.25) is 0 Å². The first-order chi connectivity index (χ1) is 11.1. The molecule has 118 valence electrons. The Kier molecular flexibility index (Phi) is 3.98. The van der Waals surface area contributed by atoms with Crippen molar-refractivity contribution in [2.45, 2.75) is 0 Å². The second-order valence-corrected chi connectivity index (χ2v) is 5.66. The third kappa shape index (κ3) is 3.02. The third-order valence-electron chi connectivity index (χ3n) is 3.20. The minimum Gasteiger partial charge on any atom is -0.493 e. The third-order valence-corrected chi connectivity index (χ3v) is 4.14. The maximum Gasteiger partial charge on any atom is 0.271 e. The number of anilines is 2. The van der Waals surface area contributed by atoms with E-state index in [-0.39, 0.29) is 5.69 Å². The van der Waals surface area contributed by atoms with Gasteiger partial charge in [-0.1, -0.05) is 17.4 Å². The highest BCUT2D eigenvalue weighted by Gasteiger charge is 2.12. The maximum atomic E-state index is 10.8. The van der Waals surface area contributed by atoms with Gasteiger partial charge >= 0.3 is 0 Å². The molecular weight excluding hydrogens is 318 g/mol. The number of aromatic nitrogens is 1. The van der Waals surface area contributed by atoms with Crippen LogP contribution in [0.25, 0.3) is 10.2 Å². The van der Waals surface area contributed by atoms with Gasteiger partial charge in [-0.3, -0.25) is 10.1 Å². The minimum absolute atomic E-state index is 0.0273. The second kappa shape index (κ2) is 6.09. The number of nitrogens with zero attached hydrogens (tertiary/aromatic N) is 2. The van der Waals surface area contributed by atoms with E-state index < -0.39 is 4.92 Å². The van der Waals surface area contributed by atoms with Gasteiger partial charge in [0.25, 0.3) is 5.69 Å². The Morgan fingerprint density at radius 2 is 1.91 bits per heavy atom. The zero-order valence-electron chi connectivity index (χ0n) is 12.4. The maximum absolute atomic E-state index is 10.8. The number of nitro groups is 1. The molecule has 2 aromatic carbocycles. The van der Waals surface area contributed by atoms with Crippen LogP contribution in [0, 0.1) is 10.1 Å². The Bertz CT molecular complexity index is 837. The van der Waals surface area contributed by atoms with Crippen molar-refractivity contribution in [3.63, 3.8) is 0 Å². The van der Waals surface area contributed by atoms with Crippen molar-refractivity contribution >= 4 is 38.1 Å². The largest absolute Gasteiger partial charge is 0.493 e. The Morgan fingerprint density at radius 1 is 1.17 bits per heavy atom. The molecule has 1 N–H and O–H groups in total. The van der Waals surface area contributed by atoms with Gasteiger partial charge in [0.1, 0.15) is 0 Å². The van der Waals surface area contributed by atoms with Crippen LogP contribution in [-0.2, 0) is 0 Å². The Labute approximate surface area is 135 Å².